The summed E-state index contributed by atoms with van der Waals surface area (Å²) in [7, 11) is 0. The number of aromatic nitrogens is 3. The molecule has 9 heteroatoms. The maximum Gasteiger partial charge on any atom is 0.225 e. The largest absolute Gasteiger partial charge is 0.335 e. The molecule has 0 aliphatic heterocycles. The van der Waals surface area contributed by atoms with Crippen LogP contribution in [0.15, 0.2) is 58.2 Å². The molecule has 0 unspecified atom stereocenters. The Balaban J connectivity index is 1.53. The van der Waals surface area contributed by atoms with Crippen LogP contribution in [0.1, 0.15) is 23.7 Å². The van der Waals surface area contributed by atoms with Crippen LogP contribution in [0.25, 0.3) is 11.4 Å². The zero-order valence-corrected chi connectivity index (χ0v) is 17.5. The number of anilines is 1. The van der Waals surface area contributed by atoms with Crippen LogP contribution in [0.4, 0.5) is 5.69 Å². The average molecular weight is 460 g/mol. The zero-order chi connectivity index (χ0) is 20.1. The minimum atomic E-state index is -0.126. The average Bonchev–Trinajstić information content (AvgIpc) is 3.03. The van der Waals surface area contributed by atoms with Gasteiger partial charge in [0.2, 0.25) is 11.1 Å². The van der Waals surface area contributed by atoms with E-state index in [0.29, 0.717) is 34.4 Å². The predicted octanol–water partition coefficient (Wildman–Crippen LogP) is 3.74. The molecule has 7 nitrogen and oxygen atoms in total. The van der Waals surface area contributed by atoms with E-state index in [-0.39, 0.29) is 11.7 Å². The molecule has 2 aromatic carbocycles. The van der Waals surface area contributed by atoms with Crippen LogP contribution in [-0.4, -0.2) is 32.3 Å². The first-order valence-corrected chi connectivity index (χ1v) is 10.2. The number of amides is 1. The zero-order valence-electron chi connectivity index (χ0n) is 15.1. The first-order valence-electron chi connectivity index (χ1n) is 8.44. The third kappa shape index (κ3) is 4.99. The highest BCUT2D eigenvalue weighted by molar-refractivity contribution is 9.10. The molecule has 144 valence electrons. The number of hydrogen-bond acceptors (Lipinski definition) is 6. The molecule has 3 aromatic rings. The molecular formula is C19H18BrN5O2S. The third-order valence-corrected chi connectivity index (χ3v) is 5.38. The van der Waals surface area contributed by atoms with Gasteiger partial charge in [-0.3, -0.25) is 9.59 Å². The molecule has 0 fully saturated rings. The summed E-state index contributed by atoms with van der Waals surface area (Å²) in [5.74, 6) is 7.01. The third-order valence-electron chi connectivity index (χ3n) is 3.90. The van der Waals surface area contributed by atoms with Crippen molar-refractivity contribution in [3.8, 4) is 11.4 Å². The summed E-state index contributed by atoms with van der Waals surface area (Å²) in [6, 6.07) is 14.4. The van der Waals surface area contributed by atoms with Gasteiger partial charge in [-0.25, -0.2) is 4.68 Å². The number of benzene rings is 2. The summed E-state index contributed by atoms with van der Waals surface area (Å²) in [6.07, 6.45) is 0.291. The normalized spacial score (nSPS) is 10.6. The van der Waals surface area contributed by atoms with Gasteiger partial charge in [0, 0.05) is 33.5 Å². The standard InChI is InChI=1S/C19H18BrN5O2S/c1-12(26)13-4-8-16(9-5-13)22-17(27)10-11-28-19-24-23-18(25(19)21)14-2-6-15(20)7-3-14/h2-9H,10-11,21H2,1H3,(H,22,27). The lowest BCUT2D eigenvalue weighted by molar-refractivity contribution is -0.115. The smallest absolute Gasteiger partial charge is 0.225 e. The van der Waals surface area contributed by atoms with E-state index in [4.69, 9.17) is 5.84 Å². The molecule has 1 aromatic heterocycles. The topological polar surface area (TPSA) is 103 Å². The number of halogens is 1. The van der Waals surface area contributed by atoms with E-state index >= 15 is 0 Å². The number of Topliss-reactive ketones (excluding diaryl/α,β-unsaturated/α-hetero) is 1. The van der Waals surface area contributed by atoms with Gasteiger partial charge in [0.1, 0.15) is 0 Å². The van der Waals surface area contributed by atoms with Gasteiger partial charge in [-0.1, -0.05) is 39.8 Å². The molecule has 0 atom stereocenters. The van der Waals surface area contributed by atoms with E-state index in [2.05, 4.69) is 31.4 Å². The van der Waals surface area contributed by atoms with Crippen molar-refractivity contribution >= 4 is 45.1 Å². The maximum absolute atomic E-state index is 12.1. The summed E-state index contributed by atoms with van der Waals surface area (Å²) in [4.78, 5) is 23.4. The quantitative estimate of drug-likeness (QED) is 0.316. The lowest BCUT2D eigenvalue weighted by Gasteiger charge is -2.06. The molecule has 0 spiro atoms. The van der Waals surface area contributed by atoms with E-state index in [1.807, 2.05) is 24.3 Å². The number of rotatable bonds is 7. The highest BCUT2D eigenvalue weighted by atomic mass is 79.9. The molecule has 3 N–H and O–H groups in total. The number of nitrogens with two attached hydrogens (primary N) is 1. The number of nitrogens with zero attached hydrogens (tertiary/aromatic N) is 3. The van der Waals surface area contributed by atoms with Gasteiger partial charge in [-0.2, -0.15) is 0 Å². The summed E-state index contributed by atoms with van der Waals surface area (Å²) in [5.41, 5.74) is 2.12. The second-order valence-corrected chi connectivity index (χ2v) is 7.94. The number of ketones is 1. The molecule has 0 radical (unpaired) electrons. The molecule has 28 heavy (non-hydrogen) atoms. The molecular weight excluding hydrogens is 442 g/mol. The molecule has 0 saturated carbocycles. The summed E-state index contributed by atoms with van der Waals surface area (Å²) in [5, 5.41) is 11.6. The van der Waals surface area contributed by atoms with E-state index in [1.165, 1.54) is 23.4 Å². The first-order chi connectivity index (χ1) is 13.4. The van der Waals surface area contributed by atoms with Crippen molar-refractivity contribution in [2.45, 2.75) is 18.5 Å². The number of hydrogen-bond donors (Lipinski definition) is 2. The lowest BCUT2D eigenvalue weighted by atomic mass is 10.1. The van der Waals surface area contributed by atoms with Gasteiger partial charge in [0.05, 0.1) is 0 Å². The summed E-state index contributed by atoms with van der Waals surface area (Å²) in [6.45, 7) is 1.50. The van der Waals surface area contributed by atoms with Crippen LogP contribution in [0.5, 0.6) is 0 Å². The Morgan fingerprint density at radius 3 is 2.43 bits per heavy atom. The summed E-state index contributed by atoms with van der Waals surface area (Å²) < 4.78 is 2.39. The van der Waals surface area contributed by atoms with Crippen LogP contribution in [-0.2, 0) is 4.79 Å². The van der Waals surface area contributed by atoms with Gasteiger partial charge in [0.15, 0.2) is 11.6 Å². The van der Waals surface area contributed by atoms with Gasteiger partial charge in [-0.05, 0) is 43.3 Å². The van der Waals surface area contributed by atoms with Crippen molar-refractivity contribution in [1.29, 1.82) is 0 Å². The minimum Gasteiger partial charge on any atom is -0.335 e. The number of carbonyl (C=O) groups excluding carboxylic acids is 2. The number of nitrogens with one attached hydrogen (secondary N) is 1. The highest BCUT2D eigenvalue weighted by Crippen LogP contribution is 2.23. The van der Waals surface area contributed by atoms with E-state index in [1.54, 1.807) is 24.3 Å². The van der Waals surface area contributed by atoms with Crippen molar-refractivity contribution in [3.05, 3.63) is 58.6 Å². The molecule has 1 amide bonds. The predicted molar refractivity (Wildman–Crippen MR) is 114 cm³/mol. The minimum absolute atomic E-state index is 0.0114. The molecule has 1 heterocycles. The Kier molecular flexibility index (Phi) is 6.48. The van der Waals surface area contributed by atoms with E-state index in [0.717, 1.165) is 10.0 Å². The first kappa shape index (κ1) is 20.1. The Morgan fingerprint density at radius 1 is 1.11 bits per heavy atom. The van der Waals surface area contributed by atoms with E-state index < -0.39 is 0 Å². The molecule has 0 aliphatic carbocycles. The van der Waals surface area contributed by atoms with Crippen molar-refractivity contribution in [1.82, 2.24) is 14.9 Å². The van der Waals surface area contributed by atoms with Gasteiger partial charge in [-0.15, -0.1) is 10.2 Å². The Bertz CT molecular complexity index is 987. The fraction of sp³-hybridized carbons (Fsp3) is 0.158. The van der Waals surface area contributed by atoms with Crippen molar-refractivity contribution in [2.75, 3.05) is 16.9 Å². The van der Waals surface area contributed by atoms with Crippen molar-refractivity contribution in [3.63, 3.8) is 0 Å². The van der Waals surface area contributed by atoms with Crippen LogP contribution < -0.4 is 11.2 Å². The Hall–Kier alpha value is -2.65. The number of carbonyl (C=O) groups is 2. The summed E-state index contributed by atoms with van der Waals surface area (Å²) >= 11 is 4.75. The molecule has 0 saturated heterocycles. The monoisotopic (exact) mass is 459 g/mol. The molecule has 3 rings (SSSR count). The Labute approximate surface area is 174 Å². The highest BCUT2D eigenvalue weighted by Gasteiger charge is 2.13. The maximum atomic E-state index is 12.1. The van der Waals surface area contributed by atoms with E-state index in [9.17, 15) is 9.59 Å². The van der Waals surface area contributed by atoms with Crippen LogP contribution >= 0.6 is 27.7 Å². The van der Waals surface area contributed by atoms with Crippen LogP contribution in [0.2, 0.25) is 0 Å². The lowest BCUT2D eigenvalue weighted by Crippen LogP contribution is -2.14. The fourth-order valence-corrected chi connectivity index (χ4v) is 3.48. The number of thioether (sulfide) groups is 1. The van der Waals surface area contributed by atoms with Gasteiger partial charge >= 0.3 is 0 Å². The second-order valence-electron chi connectivity index (χ2n) is 5.96. The van der Waals surface area contributed by atoms with Gasteiger partial charge < -0.3 is 11.2 Å². The molecule has 0 bridgehead atoms. The van der Waals surface area contributed by atoms with Crippen molar-refractivity contribution < 1.29 is 9.59 Å². The number of nitrogen functional groups attached to an aromatic ring is 1. The van der Waals surface area contributed by atoms with Crippen LogP contribution in [0, 0.1) is 0 Å². The van der Waals surface area contributed by atoms with Crippen molar-refractivity contribution in [2.24, 2.45) is 0 Å². The second kappa shape index (κ2) is 9.03. The fourth-order valence-electron chi connectivity index (χ4n) is 2.42. The van der Waals surface area contributed by atoms with Gasteiger partial charge in [0.25, 0.3) is 0 Å². The Morgan fingerprint density at radius 2 is 1.79 bits per heavy atom. The van der Waals surface area contributed by atoms with Crippen LogP contribution in [0.3, 0.4) is 0 Å². The molecule has 0 aliphatic rings. The SMILES string of the molecule is CC(=O)c1ccc(NC(=O)CCSc2nnc(-c3ccc(Br)cc3)n2N)cc1.